The summed E-state index contributed by atoms with van der Waals surface area (Å²) in [5, 5.41) is 6.46. The van der Waals surface area contributed by atoms with E-state index in [2.05, 4.69) is 44.9 Å². The highest BCUT2D eigenvalue weighted by Gasteiger charge is 2.41. The molecular weight excluding hydrogens is 466 g/mol. The molecule has 3 aromatic carbocycles. The lowest BCUT2D eigenvalue weighted by Crippen LogP contribution is -2.46. The molecular formula is C29H25N5OS. The molecule has 1 aliphatic heterocycles. The number of nitrogens with one attached hydrogen (secondary N) is 1. The maximum absolute atomic E-state index is 13.5. The Labute approximate surface area is 213 Å². The van der Waals surface area contributed by atoms with E-state index in [1.807, 2.05) is 59.5 Å². The van der Waals surface area contributed by atoms with Crippen molar-refractivity contribution in [1.82, 2.24) is 19.9 Å². The van der Waals surface area contributed by atoms with Crippen LogP contribution in [0.1, 0.15) is 34.5 Å². The van der Waals surface area contributed by atoms with Gasteiger partial charge in [0, 0.05) is 42.0 Å². The minimum Gasteiger partial charge on any atom is -0.338 e. The van der Waals surface area contributed by atoms with Gasteiger partial charge in [-0.3, -0.25) is 14.8 Å². The van der Waals surface area contributed by atoms with Crippen molar-refractivity contribution in [2.45, 2.75) is 18.3 Å². The van der Waals surface area contributed by atoms with Gasteiger partial charge in [0.1, 0.15) is 5.52 Å². The van der Waals surface area contributed by atoms with Crippen LogP contribution < -0.4 is 5.32 Å². The summed E-state index contributed by atoms with van der Waals surface area (Å²) < 4.78 is 0. The molecule has 178 valence electrons. The number of thiazole rings is 1. The summed E-state index contributed by atoms with van der Waals surface area (Å²) in [4.78, 5) is 29.3. The third-order valence-electron chi connectivity index (χ3n) is 6.98. The number of carbonyl (C=O) groups is 1. The lowest BCUT2D eigenvalue weighted by Gasteiger charge is -2.41. The lowest BCUT2D eigenvalue weighted by molar-refractivity contribution is 0.0686. The smallest absolute Gasteiger partial charge is 0.256 e. The summed E-state index contributed by atoms with van der Waals surface area (Å²) in [6.07, 6.45) is 4.89. The normalized spacial score (nSPS) is 15.1. The minimum absolute atomic E-state index is 0.00692. The first kappa shape index (κ1) is 22.4. The zero-order valence-corrected chi connectivity index (χ0v) is 20.5. The van der Waals surface area contributed by atoms with Crippen molar-refractivity contribution in [2.24, 2.45) is 0 Å². The Morgan fingerprint density at radius 1 is 0.861 bits per heavy atom. The molecule has 0 saturated carbocycles. The predicted octanol–water partition coefficient (Wildman–Crippen LogP) is 6.05. The van der Waals surface area contributed by atoms with E-state index in [1.54, 1.807) is 23.7 Å². The Bertz CT molecular complexity index is 1490. The van der Waals surface area contributed by atoms with Crippen LogP contribution in [0, 0.1) is 0 Å². The maximum atomic E-state index is 13.5. The van der Waals surface area contributed by atoms with Gasteiger partial charge in [-0.25, -0.2) is 4.98 Å². The zero-order chi connectivity index (χ0) is 24.4. The summed E-state index contributed by atoms with van der Waals surface area (Å²) in [6, 6.07) is 26.3. The van der Waals surface area contributed by atoms with E-state index in [1.165, 1.54) is 5.56 Å². The van der Waals surface area contributed by atoms with Crippen LogP contribution in [0.2, 0.25) is 0 Å². The lowest BCUT2D eigenvalue weighted by atomic mass is 9.70. The number of nitrogens with zero attached hydrogens (tertiary/aromatic N) is 4. The molecule has 1 aliphatic rings. The van der Waals surface area contributed by atoms with Gasteiger partial charge in [-0.15, -0.1) is 11.3 Å². The predicted molar refractivity (Wildman–Crippen MR) is 144 cm³/mol. The maximum Gasteiger partial charge on any atom is 0.256 e. The fourth-order valence-electron chi connectivity index (χ4n) is 5.07. The second-order valence-corrected chi connectivity index (χ2v) is 9.86. The molecule has 1 saturated heterocycles. The van der Waals surface area contributed by atoms with Crippen LogP contribution in [0.4, 0.5) is 10.8 Å². The Kier molecular flexibility index (Phi) is 5.91. The number of rotatable bonds is 5. The molecule has 7 heteroatoms. The van der Waals surface area contributed by atoms with Gasteiger partial charge in [0.25, 0.3) is 5.91 Å². The van der Waals surface area contributed by atoms with Crippen LogP contribution in [0.5, 0.6) is 0 Å². The van der Waals surface area contributed by atoms with E-state index in [-0.39, 0.29) is 11.3 Å². The van der Waals surface area contributed by atoms with Gasteiger partial charge in [0.15, 0.2) is 5.13 Å². The molecule has 0 bridgehead atoms. The second kappa shape index (κ2) is 9.51. The summed E-state index contributed by atoms with van der Waals surface area (Å²) in [6.45, 7) is 1.28. The molecule has 1 fully saturated rings. The van der Waals surface area contributed by atoms with E-state index in [0.29, 0.717) is 24.2 Å². The quantitative estimate of drug-likeness (QED) is 0.324. The van der Waals surface area contributed by atoms with Crippen molar-refractivity contribution in [3.8, 4) is 0 Å². The van der Waals surface area contributed by atoms with Crippen LogP contribution in [-0.4, -0.2) is 38.8 Å². The summed E-state index contributed by atoms with van der Waals surface area (Å²) in [7, 11) is 0. The van der Waals surface area contributed by atoms with Gasteiger partial charge in [-0.1, -0.05) is 54.6 Å². The van der Waals surface area contributed by atoms with Gasteiger partial charge >= 0.3 is 0 Å². The minimum atomic E-state index is -0.246. The SMILES string of the molecule is O=C(c1cccc2nccnc12)N1CCC(c2ccccc2)(c2csc(Nc3ccccc3)n2)CC1. The van der Waals surface area contributed by atoms with Crippen molar-refractivity contribution in [1.29, 1.82) is 0 Å². The van der Waals surface area contributed by atoms with Crippen LogP contribution in [0.25, 0.3) is 11.0 Å². The molecule has 0 atom stereocenters. The number of piperidine rings is 1. The van der Waals surface area contributed by atoms with Crippen LogP contribution in [0.3, 0.4) is 0 Å². The standard InChI is InChI=1S/C29H25N5OS/c35-27(23-12-7-13-24-26(23)31-17-16-30-24)34-18-14-29(15-19-34,21-8-3-1-4-9-21)25-20-36-28(33-25)32-22-10-5-2-6-11-22/h1-13,16-17,20H,14-15,18-19H2,(H,32,33). The van der Waals surface area contributed by atoms with Crippen molar-refractivity contribution in [3.05, 3.63) is 113 Å². The Hall–Kier alpha value is -4.10. The van der Waals surface area contributed by atoms with Crippen LogP contribution in [0.15, 0.2) is 96.6 Å². The van der Waals surface area contributed by atoms with Gasteiger partial charge in [-0.2, -0.15) is 0 Å². The number of fused-ring (bicyclic) bond motifs is 1. The second-order valence-electron chi connectivity index (χ2n) is 9.00. The molecule has 0 spiro atoms. The van der Waals surface area contributed by atoms with Gasteiger partial charge in [-0.05, 0) is 42.7 Å². The Balaban J connectivity index is 1.28. The van der Waals surface area contributed by atoms with Crippen molar-refractivity contribution >= 4 is 39.1 Å². The van der Waals surface area contributed by atoms with E-state index in [9.17, 15) is 4.79 Å². The molecule has 36 heavy (non-hydrogen) atoms. The molecule has 6 nitrogen and oxygen atoms in total. The highest BCUT2D eigenvalue weighted by molar-refractivity contribution is 7.13. The fraction of sp³-hybridized carbons (Fsp3) is 0.172. The summed E-state index contributed by atoms with van der Waals surface area (Å²) >= 11 is 1.62. The van der Waals surface area contributed by atoms with E-state index in [0.717, 1.165) is 34.9 Å². The van der Waals surface area contributed by atoms with E-state index >= 15 is 0 Å². The molecule has 5 aromatic rings. The number of hydrogen-bond donors (Lipinski definition) is 1. The average molecular weight is 492 g/mol. The van der Waals surface area contributed by atoms with Gasteiger partial charge in [0.05, 0.1) is 16.8 Å². The van der Waals surface area contributed by atoms with Crippen LogP contribution >= 0.6 is 11.3 Å². The molecule has 2 aromatic heterocycles. The molecule has 0 unspecified atom stereocenters. The van der Waals surface area contributed by atoms with Crippen molar-refractivity contribution < 1.29 is 4.79 Å². The highest BCUT2D eigenvalue weighted by Crippen LogP contribution is 2.43. The fourth-order valence-corrected chi connectivity index (χ4v) is 5.90. The topological polar surface area (TPSA) is 71.0 Å². The molecule has 1 amide bonds. The number of aromatic nitrogens is 3. The van der Waals surface area contributed by atoms with Crippen molar-refractivity contribution in [2.75, 3.05) is 18.4 Å². The number of anilines is 2. The van der Waals surface area contributed by atoms with Gasteiger partial charge < -0.3 is 10.2 Å². The molecule has 3 heterocycles. The third-order valence-corrected chi connectivity index (χ3v) is 7.74. The van der Waals surface area contributed by atoms with Crippen molar-refractivity contribution in [3.63, 3.8) is 0 Å². The molecule has 6 rings (SSSR count). The zero-order valence-electron chi connectivity index (χ0n) is 19.7. The summed E-state index contributed by atoms with van der Waals surface area (Å²) in [5.74, 6) is 0.00692. The van der Waals surface area contributed by atoms with Crippen LogP contribution in [-0.2, 0) is 5.41 Å². The Morgan fingerprint density at radius 2 is 1.58 bits per heavy atom. The number of carbonyl (C=O) groups excluding carboxylic acids is 1. The number of amides is 1. The summed E-state index contributed by atoms with van der Waals surface area (Å²) in [5.41, 5.74) is 5.07. The molecule has 1 N–H and O–H groups in total. The average Bonchev–Trinajstić information content (AvgIpc) is 3.42. The number of likely N-dealkylation sites (tertiary alicyclic amines) is 1. The van der Waals surface area contributed by atoms with E-state index in [4.69, 9.17) is 4.98 Å². The molecule has 0 aliphatic carbocycles. The first-order valence-corrected chi connectivity index (χ1v) is 12.9. The Morgan fingerprint density at radius 3 is 2.36 bits per heavy atom. The highest BCUT2D eigenvalue weighted by atomic mass is 32.1. The largest absolute Gasteiger partial charge is 0.338 e. The number of benzene rings is 3. The first-order valence-electron chi connectivity index (χ1n) is 12.1. The first-order chi connectivity index (χ1) is 17.7. The van der Waals surface area contributed by atoms with Gasteiger partial charge in [0.2, 0.25) is 0 Å². The number of para-hydroxylation sites is 2. The third kappa shape index (κ3) is 4.12. The molecule has 0 radical (unpaired) electrons. The van der Waals surface area contributed by atoms with E-state index < -0.39 is 0 Å². The number of hydrogen-bond acceptors (Lipinski definition) is 6. The monoisotopic (exact) mass is 491 g/mol.